The monoisotopic (exact) mass is 264 g/mol. The van der Waals surface area contributed by atoms with Gasteiger partial charge in [-0.2, -0.15) is 0 Å². The molecule has 0 bridgehead atoms. The van der Waals surface area contributed by atoms with Gasteiger partial charge in [0, 0.05) is 16.0 Å². The number of unbranched alkanes of at least 4 members (excludes halogenated alkanes) is 1. The van der Waals surface area contributed by atoms with Gasteiger partial charge in [0.1, 0.15) is 0 Å². The van der Waals surface area contributed by atoms with E-state index in [1.165, 1.54) is 0 Å². The second kappa shape index (κ2) is 10.6. The van der Waals surface area contributed by atoms with Crippen molar-refractivity contribution in [3.63, 3.8) is 0 Å². The summed E-state index contributed by atoms with van der Waals surface area (Å²) in [5.41, 5.74) is 0. The van der Waals surface area contributed by atoms with Crippen LogP contribution in [0.5, 0.6) is 0 Å². The number of ether oxygens (including phenoxy) is 3. The summed E-state index contributed by atoms with van der Waals surface area (Å²) in [6, 6.07) is 0. The Balaban J connectivity index is 4.38. The van der Waals surface area contributed by atoms with Gasteiger partial charge >= 0.3 is 17.9 Å². The van der Waals surface area contributed by atoms with Gasteiger partial charge in [-0.05, 0) is 12.8 Å². The zero-order valence-corrected chi connectivity index (χ0v) is 10.5. The highest BCUT2D eigenvalue weighted by molar-refractivity contribution is 5.76. The van der Waals surface area contributed by atoms with Gasteiger partial charge in [0.2, 0.25) is 0 Å². The van der Waals surface area contributed by atoms with Crippen LogP contribution in [0.2, 0.25) is 0 Å². The van der Waals surface area contributed by atoms with Gasteiger partial charge < -0.3 is 14.2 Å². The second-order valence-corrected chi connectivity index (χ2v) is 3.24. The third kappa shape index (κ3) is 10.9. The summed E-state index contributed by atoms with van der Waals surface area (Å²) in [6.45, 7) is -0.402. The minimum Gasteiger partial charge on any atom is -0.466 e. The first-order chi connectivity index (χ1) is 10.00. The lowest BCUT2D eigenvalue weighted by atomic mass is 10.3. The topological polar surface area (TPSA) is 78.9 Å². The first-order valence-corrected chi connectivity index (χ1v) is 5.52. The zero-order valence-electron chi connectivity index (χ0n) is 14.5. The summed E-state index contributed by atoms with van der Waals surface area (Å²) in [6.07, 6.45) is -2.34. The number of carbonyl (C=O) groups is 3. The molecule has 0 amide bonds. The minimum atomic E-state index is -2.76. The maximum absolute atomic E-state index is 11.6. The molecule has 18 heavy (non-hydrogen) atoms. The first-order valence-electron chi connectivity index (χ1n) is 7.52. The molecule has 0 aliphatic heterocycles. The molecule has 6 heteroatoms. The first kappa shape index (κ1) is 10.3. The Hall–Kier alpha value is -1.59. The van der Waals surface area contributed by atoms with Crippen LogP contribution in [0.25, 0.3) is 0 Å². The molecule has 0 aromatic heterocycles. The number of hydrogen-bond acceptors (Lipinski definition) is 6. The molecular formula is C12H20O6. The van der Waals surface area contributed by atoms with Crippen LogP contribution in [0, 0.1) is 0 Å². The molecule has 0 aliphatic rings. The standard InChI is InChI=1S/C12H20O6/c1-3-4-7-17-12(15)9-18-11(14)6-5-8-16-10(2)13/h3-9H2,1-2H3/i6D2,8D2. The minimum absolute atomic E-state index is 0.175. The van der Waals surface area contributed by atoms with Gasteiger partial charge in [0.15, 0.2) is 6.61 Å². The molecule has 104 valence electrons. The SMILES string of the molecule is [2H]C([2H])(CC([2H])([2H])C(=O)OCC(=O)OCCCC)OC(C)=O. The second-order valence-electron chi connectivity index (χ2n) is 3.24. The van der Waals surface area contributed by atoms with Gasteiger partial charge in [-0.25, -0.2) is 4.79 Å². The van der Waals surface area contributed by atoms with E-state index < -0.39 is 43.9 Å². The van der Waals surface area contributed by atoms with E-state index in [-0.39, 0.29) is 6.61 Å². The smallest absolute Gasteiger partial charge is 0.344 e. The van der Waals surface area contributed by atoms with Crippen molar-refractivity contribution in [1.82, 2.24) is 0 Å². The van der Waals surface area contributed by atoms with E-state index in [9.17, 15) is 14.4 Å². The van der Waals surface area contributed by atoms with E-state index in [1.54, 1.807) is 0 Å². The Morgan fingerprint density at radius 1 is 1.06 bits per heavy atom. The Labute approximate surface area is 112 Å². The summed E-state index contributed by atoms with van der Waals surface area (Å²) in [5.74, 6) is -3.20. The van der Waals surface area contributed by atoms with E-state index >= 15 is 0 Å². The summed E-state index contributed by atoms with van der Waals surface area (Å²) in [5, 5.41) is 0. The Bertz CT molecular complexity index is 410. The molecule has 0 saturated carbocycles. The Morgan fingerprint density at radius 2 is 1.78 bits per heavy atom. The maximum Gasteiger partial charge on any atom is 0.344 e. The molecule has 0 atom stereocenters. The van der Waals surface area contributed by atoms with Crippen molar-refractivity contribution in [2.45, 2.75) is 39.5 Å². The normalized spacial score (nSPS) is 14.6. The van der Waals surface area contributed by atoms with E-state index in [4.69, 9.17) is 10.2 Å². The van der Waals surface area contributed by atoms with Crippen molar-refractivity contribution >= 4 is 17.9 Å². The number of esters is 3. The fraction of sp³-hybridized carbons (Fsp3) is 0.750. The largest absolute Gasteiger partial charge is 0.466 e. The Morgan fingerprint density at radius 3 is 2.39 bits per heavy atom. The van der Waals surface area contributed by atoms with Gasteiger partial charge in [-0.3, -0.25) is 9.59 Å². The quantitative estimate of drug-likeness (QED) is 0.354. The lowest BCUT2D eigenvalue weighted by molar-refractivity contribution is -0.159. The van der Waals surface area contributed by atoms with Gasteiger partial charge in [0.05, 0.1) is 15.9 Å². The molecule has 0 aromatic rings. The summed E-state index contributed by atoms with van der Waals surface area (Å²) >= 11 is 0. The van der Waals surface area contributed by atoms with Crippen molar-refractivity contribution in [2.75, 3.05) is 19.8 Å². The predicted molar refractivity (Wildman–Crippen MR) is 62.7 cm³/mol. The zero-order chi connectivity index (χ0) is 17.4. The molecule has 0 unspecified atom stereocenters. The van der Waals surface area contributed by atoms with E-state index in [2.05, 4.69) is 9.47 Å². The summed E-state index contributed by atoms with van der Waals surface area (Å²) in [4.78, 5) is 33.5. The van der Waals surface area contributed by atoms with Crippen LogP contribution in [0.15, 0.2) is 0 Å². The molecule has 0 radical (unpaired) electrons. The highest BCUT2D eigenvalue weighted by Gasteiger charge is 2.08. The fourth-order valence-electron chi connectivity index (χ4n) is 0.793. The van der Waals surface area contributed by atoms with Crippen LogP contribution in [-0.2, 0) is 28.6 Å². The maximum atomic E-state index is 11.6. The molecule has 0 aliphatic carbocycles. The Kier molecular flexibility index (Phi) is 6.07. The molecule has 0 fully saturated rings. The van der Waals surface area contributed by atoms with Crippen LogP contribution in [-0.4, -0.2) is 37.7 Å². The fourth-order valence-corrected chi connectivity index (χ4v) is 0.793. The number of carbonyl (C=O) groups excluding carboxylic acids is 3. The highest BCUT2D eigenvalue weighted by atomic mass is 16.6. The van der Waals surface area contributed by atoms with Crippen LogP contribution in [0.4, 0.5) is 0 Å². The van der Waals surface area contributed by atoms with Crippen LogP contribution in [0.1, 0.15) is 45.0 Å². The van der Waals surface area contributed by atoms with Crippen LogP contribution >= 0.6 is 0 Å². The number of rotatable bonds is 9. The lowest BCUT2D eigenvalue weighted by Gasteiger charge is -2.05. The average molecular weight is 264 g/mol. The van der Waals surface area contributed by atoms with Gasteiger partial charge in [-0.1, -0.05) is 13.3 Å². The number of hydrogen-bond donors (Lipinski definition) is 0. The molecule has 0 saturated heterocycles. The van der Waals surface area contributed by atoms with Crippen LogP contribution < -0.4 is 0 Å². The van der Waals surface area contributed by atoms with Crippen molar-refractivity contribution in [3.05, 3.63) is 0 Å². The molecule has 6 nitrogen and oxygen atoms in total. The van der Waals surface area contributed by atoms with Gasteiger partial charge in [-0.15, -0.1) is 0 Å². The van der Waals surface area contributed by atoms with E-state index in [0.29, 0.717) is 6.42 Å². The molecular weight excluding hydrogens is 240 g/mol. The molecule has 0 aromatic carbocycles. The third-order valence-corrected chi connectivity index (χ3v) is 1.60. The van der Waals surface area contributed by atoms with Crippen molar-refractivity contribution in [1.29, 1.82) is 0 Å². The molecule has 0 N–H and O–H groups in total. The molecule has 0 heterocycles. The summed E-state index contributed by atoms with van der Waals surface area (Å²) in [7, 11) is 0. The lowest BCUT2D eigenvalue weighted by Crippen LogP contribution is -2.17. The van der Waals surface area contributed by atoms with Crippen molar-refractivity contribution in [2.24, 2.45) is 0 Å². The van der Waals surface area contributed by atoms with Gasteiger partial charge in [0.25, 0.3) is 0 Å². The average Bonchev–Trinajstić information content (AvgIpc) is 2.33. The van der Waals surface area contributed by atoms with E-state index in [0.717, 1.165) is 13.3 Å². The molecule has 0 rings (SSSR count). The predicted octanol–water partition coefficient (Wildman–Crippen LogP) is 1.22. The third-order valence-electron chi connectivity index (χ3n) is 1.60. The van der Waals surface area contributed by atoms with Crippen molar-refractivity contribution < 1.29 is 34.1 Å². The highest BCUT2D eigenvalue weighted by Crippen LogP contribution is 1.95. The van der Waals surface area contributed by atoms with Crippen LogP contribution in [0.3, 0.4) is 0 Å². The van der Waals surface area contributed by atoms with Crippen molar-refractivity contribution in [3.8, 4) is 0 Å². The molecule has 0 spiro atoms. The van der Waals surface area contributed by atoms with E-state index in [1.807, 2.05) is 6.92 Å². The summed E-state index contributed by atoms with van der Waals surface area (Å²) < 4.78 is 43.0.